The van der Waals surface area contributed by atoms with Gasteiger partial charge in [0, 0.05) is 28.9 Å². The van der Waals surface area contributed by atoms with E-state index in [2.05, 4.69) is 17.9 Å². The molecule has 1 heterocycles. The molecule has 2 aromatic carbocycles. The lowest BCUT2D eigenvalue weighted by Crippen LogP contribution is -2.53. The number of aliphatic hydroxyl groups is 1. The highest BCUT2D eigenvalue weighted by Crippen LogP contribution is 2.52. The Morgan fingerprint density at radius 3 is 2.73 bits per heavy atom. The van der Waals surface area contributed by atoms with Crippen LogP contribution < -0.4 is 14.8 Å². The number of sulfonamides is 1. The third-order valence-electron chi connectivity index (χ3n) is 9.71. The van der Waals surface area contributed by atoms with E-state index in [0.29, 0.717) is 30.5 Å². The number of aryl methyl sites for hydroxylation is 1. The van der Waals surface area contributed by atoms with Gasteiger partial charge in [-0.15, -0.1) is 0 Å². The Morgan fingerprint density at radius 1 is 1.27 bits per heavy atom. The fraction of sp³-hybridized carbons (Fsp3) is 0.516. The highest BCUT2D eigenvalue weighted by molar-refractivity contribution is 7.89. The van der Waals surface area contributed by atoms with Crippen LogP contribution in [0.15, 0.2) is 48.6 Å². The summed E-state index contributed by atoms with van der Waals surface area (Å²) in [6.45, 7) is 5.38. The van der Waals surface area contributed by atoms with E-state index < -0.39 is 32.8 Å². The van der Waals surface area contributed by atoms with Crippen molar-refractivity contribution in [2.24, 2.45) is 16.5 Å². The predicted molar refractivity (Wildman–Crippen MR) is 160 cm³/mol. The summed E-state index contributed by atoms with van der Waals surface area (Å²) in [5.74, 6) is -0.207. The second kappa shape index (κ2) is 11.2. The van der Waals surface area contributed by atoms with Gasteiger partial charge in [0.25, 0.3) is 0 Å². The molecule has 2 aromatic rings. The number of carboxylic acids is 1. The average Bonchev–Trinajstić information content (AvgIpc) is 3.06. The predicted octanol–water partition coefficient (Wildman–Crippen LogP) is 4.91. The van der Waals surface area contributed by atoms with E-state index >= 15 is 0 Å². The smallest absolute Gasteiger partial charge is 0.335 e. The quantitative estimate of drug-likeness (QED) is 0.366. The molecule has 0 bridgehead atoms. The van der Waals surface area contributed by atoms with Gasteiger partial charge in [0.1, 0.15) is 5.75 Å². The molecule has 41 heavy (non-hydrogen) atoms. The number of benzene rings is 2. The summed E-state index contributed by atoms with van der Waals surface area (Å²) >= 11 is 6.35. The van der Waals surface area contributed by atoms with Gasteiger partial charge in [-0.3, -0.25) is 0 Å². The fourth-order valence-corrected chi connectivity index (χ4v) is 7.33. The van der Waals surface area contributed by atoms with E-state index in [1.807, 2.05) is 12.1 Å². The van der Waals surface area contributed by atoms with E-state index in [9.17, 15) is 23.4 Å². The number of nitrogens with zero attached hydrogens (tertiary/aromatic N) is 1. The van der Waals surface area contributed by atoms with Crippen molar-refractivity contribution in [3.05, 3.63) is 70.3 Å². The van der Waals surface area contributed by atoms with Crippen LogP contribution >= 0.6 is 11.6 Å². The number of fused-ring (bicyclic) bond motifs is 3. The van der Waals surface area contributed by atoms with Crippen LogP contribution in [-0.4, -0.2) is 55.7 Å². The number of aliphatic hydroxyl groups excluding tert-OH is 1. The van der Waals surface area contributed by atoms with Crippen LogP contribution in [0, 0.1) is 11.3 Å². The van der Waals surface area contributed by atoms with Gasteiger partial charge in [-0.1, -0.05) is 36.7 Å². The molecule has 1 saturated carbocycles. The summed E-state index contributed by atoms with van der Waals surface area (Å²) in [6, 6.07) is 11.1. The number of hydrogen-bond acceptors (Lipinski definition) is 6. The van der Waals surface area contributed by atoms with Gasteiger partial charge in [0.05, 0.1) is 29.2 Å². The Hall–Kier alpha value is -2.59. The molecule has 0 amide bonds. The van der Waals surface area contributed by atoms with E-state index in [0.717, 1.165) is 37.8 Å². The van der Waals surface area contributed by atoms with Crippen molar-refractivity contribution in [1.82, 2.24) is 0 Å². The standard InChI is InChI=1S/C31H39ClN2O6S/c1-20(41(33,38)39)5-3-7-28(35)30(2)14-12-23(30)17-34-18-31(13-4-6-21-15-24(32)9-10-25(21)31)19-40-27-11-8-22(29(36)37)16-26(27)34/h3,7-11,15-16,20,23,28,35H,4-6,12-14,17-19H2,1-2H3,(H,36,37)(H2,33,38,39)/b7-3+/t20?,23-,28?,30+,31+/m1/s1. The zero-order valence-corrected chi connectivity index (χ0v) is 25.1. The number of rotatable bonds is 8. The zero-order valence-electron chi connectivity index (χ0n) is 23.6. The zero-order chi connectivity index (χ0) is 29.6. The number of carboxylic acid groups (broad SMARTS) is 1. The Balaban J connectivity index is 1.45. The number of anilines is 1. The normalized spacial score (nSPS) is 27.3. The van der Waals surface area contributed by atoms with Crippen molar-refractivity contribution in [2.45, 2.75) is 69.1 Å². The van der Waals surface area contributed by atoms with Crippen molar-refractivity contribution in [2.75, 3.05) is 24.6 Å². The molecular weight excluding hydrogens is 564 g/mol. The number of aromatic carboxylic acids is 1. The van der Waals surface area contributed by atoms with E-state index in [4.69, 9.17) is 21.5 Å². The van der Waals surface area contributed by atoms with Crippen LogP contribution in [0.5, 0.6) is 5.75 Å². The molecule has 0 radical (unpaired) electrons. The Bertz CT molecular complexity index is 1460. The second-order valence-electron chi connectivity index (χ2n) is 12.3. The topological polar surface area (TPSA) is 130 Å². The minimum Gasteiger partial charge on any atom is -0.490 e. The van der Waals surface area contributed by atoms with Gasteiger partial charge in [-0.25, -0.2) is 18.4 Å². The molecular formula is C31H39ClN2O6S. The molecule has 222 valence electrons. The first-order chi connectivity index (χ1) is 19.3. The molecule has 5 rings (SSSR count). The van der Waals surface area contributed by atoms with Crippen LogP contribution in [0.2, 0.25) is 5.02 Å². The van der Waals surface area contributed by atoms with Crippen LogP contribution in [0.4, 0.5) is 5.69 Å². The summed E-state index contributed by atoms with van der Waals surface area (Å²) in [5, 5.41) is 26.2. The Morgan fingerprint density at radius 2 is 2.05 bits per heavy atom. The Labute approximate surface area is 247 Å². The van der Waals surface area contributed by atoms with Gasteiger partial charge in [-0.2, -0.15) is 0 Å². The van der Waals surface area contributed by atoms with Gasteiger partial charge in [0.2, 0.25) is 10.0 Å². The SMILES string of the molecule is CC(C/C=C/C(O)[C@@]1(C)CC[C@@H]1CN1C[C@@]2(CCCc3cc(Cl)ccc32)COc2ccc(C(=O)O)cc21)S(N)(=O)=O. The summed E-state index contributed by atoms with van der Waals surface area (Å²) in [4.78, 5) is 14.2. The molecule has 10 heteroatoms. The first-order valence-electron chi connectivity index (χ1n) is 14.2. The number of primary sulfonamides is 1. The number of allylic oxidation sites excluding steroid dienone is 1. The highest BCUT2D eigenvalue weighted by Gasteiger charge is 2.49. The van der Waals surface area contributed by atoms with Gasteiger partial charge < -0.3 is 19.8 Å². The van der Waals surface area contributed by atoms with E-state index in [1.54, 1.807) is 37.3 Å². The molecule has 3 aliphatic rings. The molecule has 8 nitrogen and oxygen atoms in total. The van der Waals surface area contributed by atoms with E-state index in [1.165, 1.54) is 11.1 Å². The Kier molecular flexibility index (Phi) is 8.20. The van der Waals surface area contributed by atoms with Crippen molar-refractivity contribution in [3.63, 3.8) is 0 Å². The van der Waals surface area contributed by atoms with Crippen LogP contribution in [-0.2, 0) is 21.9 Å². The highest BCUT2D eigenvalue weighted by atomic mass is 35.5. The molecule has 1 fully saturated rings. The number of halogens is 1. The molecule has 0 saturated heterocycles. The molecule has 2 aliphatic carbocycles. The van der Waals surface area contributed by atoms with Gasteiger partial charge in [-0.05, 0) is 92.8 Å². The summed E-state index contributed by atoms with van der Waals surface area (Å²) in [7, 11) is -3.64. The number of nitrogens with two attached hydrogens (primary N) is 1. The largest absolute Gasteiger partial charge is 0.490 e. The lowest BCUT2D eigenvalue weighted by atomic mass is 9.58. The molecule has 1 spiro atoms. The third-order valence-corrected chi connectivity index (χ3v) is 11.3. The molecule has 2 unspecified atom stereocenters. The first kappa shape index (κ1) is 29.9. The maximum absolute atomic E-state index is 11.9. The summed E-state index contributed by atoms with van der Waals surface area (Å²) in [6.07, 6.45) is 7.51. The lowest BCUT2D eigenvalue weighted by Gasteiger charge is -2.52. The van der Waals surface area contributed by atoms with Crippen molar-refractivity contribution >= 4 is 33.3 Å². The summed E-state index contributed by atoms with van der Waals surface area (Å²) in [5.41, 5.74) is 2.71. The molecule has 5 atom stereocenters. The summed E-state index contributed by atoms with van der Waals surface area (Å²) < 4.78 is 29.6. The van der Waals surface area contributed by atoms with Crippen LogP contribution in [0.3, 0.4) is 0 Å². The average molecular weight is 603 g/mol. The van der Waals surface area contributed by atoms with Gasteiger partial charge in [0.15, 0.2) is 0 Å². The van der Waals surface area contributed by atoms with Crippen molar-refractivity contribution in [3.8, 4) is 5.75 Å². The maximum atomic E-state index is 11.9. The number of carbonyl (C=O) groups is 1. The fourth-order valence-electron chi connectivity index (χ4n) is 6.76. The number of hydrogen-bond donors (Lipinski definition) is 3. The van der Waals surface area contributed by atoms with Crippen LogP contribution in [0.1, 0.15) is 67.4 Å². The minimum absolute atomic E-state index is 0.127. The minimum atomic E-state index is -3.64. The van der Waals surface area contributed by atoms with E-state index in [-0.39, 0.29) is 23.3 Å². The first-order valence-corrected chi connectivity index (χ1v) is 16.2. The number of ether oxygens (including phenoxy) is 1. The molecule has 1 aliphatic heterocycles. The van der Waals surface area contributed by atoms with Crippen molar-refractivity contribution in [1.29, 1.82) is 0 Å². The maximum Gasteiger partial charge on any atom is 0.335 e. The molecule has 0 aromatic heterocycles. The second-order valence-corrected chi connectivity index (χ2v) is 14.8. The lowest BCUT2D eigenvalue weighted by molar-refractivity contribution is -0.0469. The van der Waals surface area contributed by atoms with Crippen LogP contribution in [0.25, 0.3) is 0 Å². The van der Waals surface area contributed by atoms with Gasteiger partial charge >= 0.3 is 5.97 Å². The third kappa shape index (κ3) is 5.87. The van der Waals surface area contributed by atoms with Crippen molar-refractivity contribution < 1.29 is 28.2 Å². The molecule has 4 N–H and O–H groups in total. The monoisotopic (exact) mass is 602 g/mol.